The lowest BCUT2D eigenvalue weighted by atomic mass is 10.1. The molecular weight excluding hydrogens is 322 g/mol. The molecule has 0 aliphatic carbocycles. The van der Waals surface area contributed by atoms with Gasteiger partial charge < -0.3 is 10.2 Å². The molecule has 1 heterocycles. The first kappa shape index (κ1) is 16.6. The third-order valence-electron chi connectivity index (χ3n) is 4.11. The number of carbonyl (C=O) groups excluding carboxylic acids is 2. The van der Waals surface area contributed by atoms with Gasteiger partial charge in [0.25, 0.3) is 11.6 Å². The SMILES string of the molecule is O=C(N[C@H]1CC(=O)N(Cc2ccccc2)C1)c1ccc([N+](=O)[O-])cc1. The minimum Gasteiger partial charge on any atom is -0.347 e. The van der Waals surface area contributed by atoms with Gasteiger partial charge in [0.15, 0.2) is 0 Å². The predicted molar refractivity (Wildman–Crippen MR) is 90.8 cm³/mol. The maximum Gasteiger partial charge on any atom is 0.269 e. The molecular formula is C18H17N3O4. The highest BCUT2D eigenvalue weighted by atomic mass is 16.6. The zero-order chi connectivity index (χ0) is 17.8. The molecule has 0 saturated carbocycles. The van der Waals surface area contributed by atoms with Gasteiger partial charge in [0.2, 0.25) is 5.91 Å². The number of rotatable bonds is 5. The third-order valence-corrected chi connectivity index (χ3v) is 4.11. The van der Waals surface area contributed by atoms with Crippen LogP contribution in [0.5, 0.6) is 0 Å². The van der Waals surface area contributed by atoms with Crippen molar-refractivity contribution >= 4 is 17.5 Å². The second-order valence-corrected chi connectivity index (χ2v) is 5.94. The average molecular weight is 339 g/mol. The Morgan fingerprint density at radius 2 is 1.84 bits per heavy atom. The lowest BCUT2D eigenvalue weighted by molar-refractivity contribution is -0.384. The van der Waals surface area contributed by atoms with E-state index in [0.29, 0.717) is 18.7 Å². The maximum absolute atomic E-state index is 12.2. The molecule has 7 heteroatoms. The van der Waals surface area contributed by atoms with Gasteiger partial charge in [0, 0.05) is 37.2 Å². The Balaban J connectivity index is 1.59. The molecule has 7 nitrogen and oxygen atoms in total. The van der Waals surface area contributed by atoms with Crippen molar-refractivity contribution in [1.82, 2.24) is 10.2 Å². The zero-order valence-electron chi connectivity index (χ0n) is 13.4. The van der Waals surface area contributed by atoms with Crippen LogP contribution in [0.3, 0.4) is 0 Å². The van der Waals surface area contributed by atoms with E-state index in [-0.39, 0.29) is 30.0 Å². The van der Waals surface area contributed by atoms with E-state index in [1.807, 2.05) is 30.3 Å². The standard InChI is InChI=1S/C18H17N3O4/c22-17-10-15(12-20(17)11-13-4-2-1-3-5-13)19-18(23)14-6-8-16(9-7-14)21(24)25/h1-9,15H,10-12H2,(H,19,23)/t15-/m0/s1. The molecule has 128 valence electrons. The van der Waals surface area contributed by atoms with Crippen molar-refractivity contribution in [2.75, 3.05) is 6.54 Å². The van der Waals surface area contributed by atoms with E-state index in [1.54, 1.807) is 4.90 Å². The number of carbonyl (C=O) groups is 2. The zero-order valence-corrected chi connectivity index (χ0v) is 13.4. The first-order valence-corrected chi connectivity index (χ1v) is 7.90. The van der Waals surface area contributed by atoms with Gasteiger partial charge in [-0.1, -0.05) is 30.3 Å². The van der Waals surface area contributed by atoms with Crippen molar-refractivity contribution in [3.05, 3.63) is 75.8 Å². The van der Waals surface area contributed by atoms with E-state index in [2.05, 4.69) is 5.32 Å². The number of nitro groups is 1. The summed E-state index contributed by atoms with van der Waals surface area (Å²) in [5.41, 5.74) is 1.30. The van der Waals surface area contributed by atoms with E-state index in [4.69, 9.17) is 0 Å². The topological polar surface area (TPSA) is 92.6 Å². The molecule has 0 radical (unpaired) electrons. The molecule has 25 heavy (non-hydrogen) atoms. The fourth-order valence-corrected chi connectivity index (χ4v) is 2.83. The van der Waals surface area contributed by atoms with Crippen LogP contribution in [0.4, 0.5) is 5.69 Å². The highest BCUT2D eigenvalue weighted by molar-refractivity contribution is 5.95. The number of nitrogens with one attached hydrogen (secondary N) is 1. The van der Waals surface area contributed by atoms with Crippen molar-refractivity contribution < 1.29 is 14.5 Å². The van der Waals surface area contributed by atoms with Gasteiger partial charge in [-0.05, 0) is 17.7 Å². The quantitative estimate of drug-likeness (QED) is 0.667. The average Bonchev–Trinajstić information content (AvgIpc) is 2.95. The predicted octanol–water partition coefficient (Wildman–Crippen LogP) is 2.13. The van der Waals surface area contributed by atoms with Crippen LogP contribution in [0, 0.1) is 10.1 Å². The fraction of sp³-hybridized carbons (Fsp3) is 0.222. The summed E-state index contributed by atoms with van der Waals surface area (Å²) in [6.07, 6.45) is 0.256. The van der Waals surface area contributed by atoms with Gasteiger partial charge in [-0.2, -0.15) is 0 Å². The number of hydrogen-bond acceptors (Lipinski definition) is 4. The molecule has 1 N–H and O–H groups in total. The summed E-state index contributed by atoms with van der Waals surface area (Å²) >= 11 is 0. The molecule has 0 aromatic heterocycles. The van der Waals surface area contributed by atoms with Crippen molar-refractivity contribution in [3.8, 4) is 0 Å². The van der Waals surface area contributed by atoms with Crippen LogP contribution in [0.1, 0.15) is 22.3 Å². The molecule has 0 unspecified atom stereocenters. The molecule has 1 aliphatic rings. The molecule has 1 saturated heterocycles. The number of benzene rings is 2. The van der Waals surface area contributed by atoms with E-state index in [1.165, 1.54) is 24.3 Å². The molecule has 3 rings (SSSR count). The van der Waals surface area contributed by atoms with Crippen LogP contribution < -0.4 is 5.32 Å². The van der Waals surface area contributed by atoms with E-state index in [0.717, 1.165) is 5.56 Å². The number of non-ortho nitro benzene ring substituents is 1. The largest absolute Gasteiger partial charge is 0.347 e. The Hall–Kier alpha value is -3.22. The van der Waals surface area contributed by atoms with E-state index in [9.17, 15) is 19.7 Å². The Kier molecular flexibility index (Phi) is 4.74. The van der Waals surface area contributed by atoms with Gasteiger partial charge >= 0.3 is 0 Å². The van der Waals surface area contributed by atoms with Gasteiger partial charge in [0.1, 0.15) is 0 Å². The molecule has 2 aromatic carbocycles. The molecule has 2 amide bonds. The summed E-state index contributed by atoms with van der Waals surface area (Å²) in [4.78, 5) is 36.2. The van der Waals surface area contributed by atoms with Crippen LogP contribution in [0.25, 0.3) is 0 Å². The van der Waals surface area contributed by atoms with E-state index >= 15 is 0 Å². The molecule has 0 spiro atoms. The highest BCUT2D eigenvalue weighted by Crippen LogP contribution is 2.16. The number of nitro benzene ring substituents is 1. The highest BCUT2D eigenvalue weighted by Gasteiger charge is 2.30. The normalized spacial score (nSPS) is 16.7. The monoisotopic (exact) mass is 339 g/mol. The maximum atomic E-state index is 12.2. The number of hydrogen-bond donors (Lipinski definition) is 1. The second kappa shape index (κ2) is 7.12. The Bertz CT molecular complexity index is 790. The Labute approximate surface area is 144 Å². The lowest BCUT2D eigenvalue weighted by Crippen LogP contribution is -2.37. The van der Waals surface area contributed by atoms with Crippen LogP contribution in [-0.2, 0) is 11.3 Å². The van der Waals surface area contributed by atoms with Crippen LogP contribution in [0.15, 0.2) is 54.6 Å². The summed E-state index contributed by atoms with van der Waals surface area (Å²) < 4.78 is 0. The first-order valence-electron chi connectivity index (χ1n) is 7.90. The second-order valence-electron chi connectivity index (χ2n) is 5.94. The third kappa shape index (κ3) is 4.00. The smallest absolute Gasteiger partial charge is 0.269 e. The fourth-order valence-electron chi connectivity index (χ4n) is 2.83. The van der Waals surface area contributed by atoms with Crippen molar-refractivity contribution in [2.24, 2.45) is 0 Å². The van der Waals surface area contributed by atoms with Crippen LogP contribution >= 0.6 is 0 Å². The Morgan fingerprint density at radius 1 is 1.16 bits per heavy atom. The first-order chi connectivity index (χ1) is 12.0. The molecule has 1 atom stereocenters. The van der Waals surface area contributed by atoms with Gasteiger partial charge in [-0.15, -0.1) is 0 Å². The van der Waals surface area contributed by atoms with Gasteiger partial charge in [-0.25, -0.2) is 0 Å². The summed E-state index contributed by atoms with van der Waals surface area (Å²) in [7, 11) is 0. The van der Waals surface area contributed by atoms with Crippen molar-refractivity contribution in [2.45, 2.75) is 19.0 Å². The molecule has 1 aliphatic heterocycles. The summed E-state index contributed by atoms with van der Waals surface area (Å²) in [5, 5.41) is 13.5. The molecule has 2 aromatic rings. The van der Waals surface area contributed by atoms with E-state index < -0.39 is 4.92 Å². The summed E-state index contributed by atoms with van der Waals surface area (Å²) in [6, 6.07) is 14.8. The molecule has 1 fully saturated rings. The minimum atomic E-state index is -0.515. The van der Waals surface area contributed by atoms with Crippen molar-refractivity contribution in [1.29, 1.82) is 0 Å². The van der Waals surface area contributed by atoms with Crippen LogP contribution in [-0.4, -0.2) is 34.2 Å². The Morgan fingerprint density at radius 3 is 2.48 bits per heavy atom. The van der Waals surface area contributed by atoms with Gasteiger partial charge in [-0.3, -0.25) is 19.7 Å². The summed E-state index contributed by atoms with van der Waals surface area (Å²) in [5.74, 6) is -0.341. The minimum absolute atomic E-state index is 0.00199. The van der Waals surface area contributed by atoms with Crippen LogP contribution in [0.2, 0.25) is 0 Å². The number of likely N-dealkylation sites (tertiary alicyclic amines) is 1. The number of nitrogens with zero attached hydrogens (tertiary/aromatic N) is 2. The number of amides is 2. The lowest BCUT2D eigenvalue weighted by Gasteiger charge is -2.17. The summed E-state index contributed by atoms with van der Waals surface area (Å²) in [6.45, 7) is 0.968. The van der Waals surface area contributed by atoms with Gasteiger partial charge in [0.05, 0.1) is 11.0 Å². The van der Waals surface area contributed by atoms with Crippen molar-refractivity contribution in [3.63, 3.8) is 0 Å². The molecule has 0 bridgehead atoms.